The molecule has 0 radical (unpaired) electrons. The summed E-state index contributed by atoms with van der Waals surface area (Å²) < 4.78 is 53.6. The molecule has 0 saturated carbocycles. The lowest BCUT2D eigenvalue weighted by Gasteiger charge is -2.35. The largest absolute Gasteiger partial charge is 0.513 e. The molecule has 15 heteroatoms. The average molecular weight is 642 g/mol. The molecule has 12 nitrogen and oxygen atoms in total. The summed E-state index contributed by atoms with van der Waals surface area (Å²) in [5.41, 5.74) is -0.916. The first-order chi connectivity index (χ1) is 21.8. The molecule has 244 valence electrons. The van der Waals surface area contributed by atoms with Crippen LogP contribution in [-0.2, 0) is 27.0 Å². The van der Waals surface area contributed by atoms with Crippen LogP contribution in [0.25, 0.3) is 0 Å². The third-order valence-corrected chi connectivity index (χ3v) is 7.46. The molecule has 0 fully saturated rings. The number of carbonyl (C=O) groups excluding carboxylic acids is 2. The lowest BCUT2D eigenvalue weighted by molar-refractivity contribution is -0.137. The van der Waals surface area contributed by atoms with E-state index in [1.165, 1.54) is 41.0 Å². The lowest BCUT2D eigenvalue weighted by Crippen LogP contribution is -2.39. The number of likely N-dealkylation sites (N-methyl/N-ethyl adjacent to an activating group) is 1. The van der Waals surface area contributed by atoms with Gasteiger partial charge in [-0.05, 0) is 76.3 Å². The standard InChI is InChI=1S/C31H34F3N7O5/c1-20-27(46-30(44)45-5)26(22-13-11-21(18-35)12-14-22)41-28(40(20)24-10-8-9-23(17-24)31(32,33)34)36-39(29(41)43)19-25(42)38(4)16-7-6-15-37(2)3/h8-14,17,26H,6-7,15-16,19H2,1-5H3. The number of nitriles is 1. The highest BCUT2D eigenvalue weighted by Gasteiger charge is 2.40. The van der Waals surface area contributed by atoms with E-state index in [2.05, 4.69) is 5.10 Å². The van der Waals surface area contributed by atoms with Crippen LogP contribution in [0.3, 0.4) is 0 Å². The third-order valence-electron chi connectivity index (χ3n) is 7.46. The molecule has 2 aromatic carbocycles. The van der Waals surface area contributed by atoms with Crippen LogP contribution >= 0.6 is 0 Å². The van der Waals surface area contributed by atoms with Crippen molar-refractivity contribution in [2.75, 3.05) is 46.2 Å². The number of alkyl halides is 3. The summed E-state index contributed by atoms with van der Waals surface area (Å²) in [5.74, 6) is -0.652. The van der Waals surface area contributed by atoms with Crippen molar-refractivity contribution in [1.82, 2.24) is 24.1 Å². The molecule has 46 heavy (non-hydrogen) atoms. The van der Waals surface area contributed by atoms with Gasteiger partial charge in [0.25, 0.3) is 0 Å². The molecule has 1 aromatic heterocycles. The van der Waals surface area contributed by atoms with E-state index in [1.54, 1.807) is 19.2 Å². The molecule has 0 saturated heterocycles. The Morgan fingerprint density at radius 2 is 1.74 bits per heavy atom. The molecular weight excluding hydrogens is 607 g/mol. The zero-order valence-electron chi connectivity index (χ0n) is 26.0. The van der Waals surface area contributed by atoms with Crippen molar-refractivity contribution in [1.29, 1.82) is 5.26 Å². The van der Waals surface area contributed by atoms with Crippen molar-refractivity contribution < 1.29 is 32.2 Å². The van der Waals surface area contributed by atoms with Gasteiger partial charge < -0.3 is 19.3 Å². The number of rotatable bonds is 10. The second kappa shape index (κ2) is 13.9. The fraction of sp³-hybridized carbons (Fsp3) is 0.387. The van der Waals surface area contributed by atoms with E-state index >= 15 is 0 Å². The predicted molar refractivity (Wildman–Crippen MR) is 161 cm³/mol. The van der Waals surface area contributed by atoms with Gasteiger partial charge in [0.2, 0.25) is 11.9 Å². The first-order valence-electron chi connectivity index (χ1n) is 14.3. The van der Waals surface area contributed by atoms with Gasteiger partial charge in [-0.1, -0.05) is 18.2 Å². The van der Waals surface area contributed by atoms with Gasteiger partial charge in [0.05, 0.1) is 30.0 Å². The number of hydrogen-bond donors (Lipinski definition) is 0. The monoisotopic (exact) mass is 641 g/mol. The van der Waals surface area contributed by atoms with Crippen LogP contribution in [0.2, 0.25) is 0 Å². The number of carbonyl (C=O) groups is 2. The number of ether oxygens (including phenoxy) is 2. The van der Waals surface area contributed by atoms with Crippen LogP contribution < -0.4 is 10.6 Å². The zero-order chi connectivity index (χ0) is 33.8. The van der Waals surface area contributed by atoms with Crippen LogP contribution in [0.15, 0.2) is 64.8 Å². The Labute approximate surface area is 263 Å². The van der Waals surface area contributed by atoms with Gasteiger partial charge in [0.15, 0.2) is 5.76 Å². The molecule has 0 N–H and O–H groups in total. The highest BCUT2D eigenvalue weighted by Crippen LogP contribution is 2.43. The number of anilines is 2. The number of amides is 1. The second-order valence-corrected chi connectivity index (χ2v) is 11.0. The molecule has 1 aliphatic heterocycles. The number of unbranched alkanes of at least 4 members (excludes halogenated alkanes) is 1. The highest BCUT2D eigenvalue weighted by molar-refractivity contribution is 5.76. The van der Waals surface area contributed by atoms with Gasteiger partial charge in [-0.3, -0.25) is 9.69 Å². The minimum absolute atomic E-state index is 0.0284. The number of benzene rings is 2. The Bertz CT molecular complexity index is 1720. The molecule has 4 rings (SSSR count). The first-order valence-corrected chi connectivity index (χ1v) is 14.3. The highest BCUT2D eigenvalue weighted by atomic mass is 19.4. The fourth-order valence-corrected chi connectivity index (χ4v) is 5.05. The van der Waals surface area contributed by atoms with Crippen LogP contribution in [0.5, 0.6) is 0 Å². The Kier molecular flexibility index (Phi) is 10.2. The van der Waals surface area contributed by atoms with Gasteiger partial charge >= 0.3 is 18.0 Å². The summed E-state index contributed by atoms with van der Waals surface area (Å²) in [6.07, 6.45) is -4.22. The van der Waals surface area contributed by atoms with Crippen molar-refractivity contribution in [3.05, 3.63) is 87.2 Å². The number of allylic oxidation sites excluding steroid dienone is 2. The predicted octanol–water partition coefficient (Wildman–Crippen LogP) is 4.49. The average Bonchev–Trinajstić information content (AvgIpc) is 3.33. The van der Waals surface area contributed by atoms with E-state index < -0.39 is 42.1 Å². The fourth-order valence-electron chi connectivity index (χ4n) is 5.05. The first kappa shape index (κ1) is 33.8. The van der Waals surface area contributed by atoms with Crippen molar-refractivity contribution in [2.45, 2.75) is 38.5 Å². The Morgan fingerprint density at radius 1 is 1.07 bits per heavy atom. The second-order valence-electron chi connectivity index (χ2n) is 11.0. The third kappa shape index (κ3) is 7.23. The SMILES string of the molecule is COC(=O)OC1=C(C)N(c2cccc(C(F)(F)F)c2)c2nn(CC(=O)N(C)CCCCN(C)C)c(=O)n2C1c1ccc(C#N)cc1. The van der Waals surface area contributed by atoms with Crippen molar-refractivity contribution >= 4 is 23.7 Å². The van der Waals surface area contributed by atoms with Crippen LogP contribution in [0, 0.1) is 11.3 Å². The molecule has 1 amide bonds. The van der Waals surface area contributed by atoms with Gasteiger partial charge in [-0.2, -0.15) is 18.4 Å². The molecule has 2 heterocycles. The van der Waals surface area contributed by atoms with Crippen molar-refractivity contribution in [3.8, 4) is 6.07 Å². The number of halogens is 3. The molecule has 0 aliphatic carbocycles. The van der Waals surface area contributed by atoms with Crippen molar-refractivity contribution in [3.63, 3.8) is 0 Å². The number of methoxy groups -OCH3 is 1. The summed E-state index contributed by atoms with van der Waals surface area (Å²) in [4.78, 5) is 44.5. The lowest BCUT2D eigenvalue weighted by atomic mass is 10.00. The maximum Gasteiger partial charge on any atom is 0.513 e. The molecule has 1 atom stereocenters. The molecular formula is C31H34F3N7O5. The number of hydrogen-bond acceptors (Lipinski definition) is 9. The Balaban J connectivity index is 1.87. The van der Waals surface area contributed by atoms with E-state index in [1.807, 2.05) is 25.1 Å². The van der Waals surface area contributed by atoms with Crippen molar-refractivity contribution in [2.24, 2.45) is 0 Å². The molecule has 1 aliphatic rings. The number of aromatic nitrogens is 3. The smallest absolute Gasteiger partial charge is 0.437 e. The number of nitrogens with zero attached hydrogens (tertiary/aromatic N) is 7. The van der Waals surface area contributed by atoms with Gasteiger partial charge in [-0.25, -0.2) is 18.8 Å². The van der Waals surface area contributed by atoms with Gasteiger partial charge in [0.1, 0.15) is 12.6 Å². The van der Waals surface area contributed by atoms with Crippen LogP contribution in [0.4, 0.5) is 29.6 Å². The van der Waals surface area contributed by atoms with E-state index in [-0.39, 0.29) is 23.1 Å². The van der Waals surface area contributed by atoms with E-state index in [9.17, 15) is 32.8 Å². The zero-order valence-corrected chi connectivity index (χ0v) is 26.0. The van der Waals surface area contributed by atoms with Gasteiger partial charge in [0, 0.05) is 19.3 Å². The Hall–Kier alpha value is -5.10. The summed E-state index contributed by atoms with van der Waals surface area (Å²) in [7, 11) is 6.60. The molecule has 0 spiro atoms. The molecule has 1 unspecified atom stereocenters. The Morgan fingerprint density at radius 3 is 2.35 bits per heavy atom. The van der Waals surface area contributed by atoms with E-state index in [0.29, 0.717) is 17.7 Å². The summed E-state index contributed by atoms with van der Waals surface area (Å²) in [6.45, 7) is 2.33. The maximum absolute atomic E-state index is 14.1. The van der Waals surface area contributed by atoms with E-state index in [4.69, 9.17) is 9.47 Å². The minimum Gasteiger partial charge on any atom is -0.437 e. The quantitative estimate of drug-likeness (QED) is 0.233. The topological polar surface area (TPSA) is 126 Å². The normalized spacial score (nSPS) is 14.6. The van der Waals surface area contributed by atoms with E-state index in [0.717, 1.165) is 47.9 Å². The molecule has 0 bridgehead atoms. The van der Waals surface area contributed by atoms with Crippen LogP contribution in [-0.4, -0.2) is 77.6 Å². The van der Waals surface area contributed by atoms with Gasteiger partial charge in [-0.15, -0.1) is 5.10 Å². The summed E-state index contributed by atoms with van der Waals surface area (Å²) in [5, 5.41) is 13.7. The number of fused-ring (bicyclic) bond motifs is 1. The summed E-state index contributed by atoms with van der Waals surface area (Å²) in [6, 6.07) is 11.3. The summed E-state index contributed by atoms with van der Waals surface area (Å²) >= 11 is 0. The molecule has 3 aromatic rings. The minimum atomic E-state index is -4.68. The van der Waals surface area contributed by atoms with Crippen LogP contribution in [0.1, 0.15) is 42.5 Å². The maximum atomic E-state index is 14.1.